The number of ether oxygens (including phenoxy) is 1. The van der Waals surface area contributed by atoms with E-state index in [4.69, 9.17) is 4.74 Å². The van der Waals surface area contributed by atoms with E-state index in [-0.39, 0.29) is 12.1 Å². The predicted molar refractivity (Wildman–Crippen MR) is 87.8 cm³/mol. The number of hydrogen-bond donors (Lipinski definition) is 2. The van der Waals surface area contributed by atoms with E-state index in [0.717, 1.165) is 25.0 Å². The summed E-state index contributed by atoms with van der Waals surface area (Å²) in [5.41, 5.74) is -0.178. The quantitative estimate of drug-likeness (QED) is 0.732. The third-order valence-corrected chi connectivity index (χ3v) is 4.07. The van der Waals surface area contributed by atoms with Gasteiger partial charge >= 0.3 is 0 Å². The topological polar surface area (TPSA) is 41.5 Å². The van der Waals surface area contributed by atoms with Gasteiger partial charge in [-0.3, -0.25) is 0 Å². The number of fused-ring (bicyclic) bond motifs is 1. The van der Waals surface area contributed by atoms with Gasteiger partial charge in [-0.25, -0.2) is 0 Å². The Kier molecular flexibility index (Phi) is 5.59. The number of aliphatic hydroxyl groups is 1. The average molecular weight is 287 g/mol. The van der Waals surface area contributed by atoms with Gasteiger partial charge < -0.3 is 15.2 Å². The van der Waals surface area contributed by atoms with E-state index in [2.05, 4.69) is 29.6 Å². The van der Waals surface area contributed by atoms with Crippen LogP contribution in [0.3, 0.4) is 0 Å². The van der Waals surface area contributed by atoms with Gasteiger partial charge in [-0.1, -0.05) is 30.3 Å². The maximum atomic E-state index is 9.33. The summed E-state index contributed by atoms with van der Waals surface area (Å²) in [6, 6.07) is 14.5. The van der Waals surface area contributed by atoms with Crippen LogP contribution in [0.1, 0.15) is 26.2 Å². The number of aliphatic hydroxyl groups excluding tert-OH is 1. The molecule has 1 atom stereocenters. The van der Waals surface area contributed by atoms with Crippen molar-refractivity contribution in [3.05, 3.63) is 42.5 Å². The SMILES string of the molecule is CNC(C)(CO)CCCCOc1ccc2ccccc2c1. The summed E-state index contributed by atoms with van der Waals surface area (Å²) in [7, 11) is 1.89. The molecule has 114 valence electrons. The molecule has 0 aromatic heterocycles. The first-order valence-electron chi connectivity index (χ1n) is 7.58. The number of likely N-dealkylation sites (N-methyl/N-ethyl adjacent to an activating group) is 1. The van der Waals surface area contributed by atoms with Crippen molar-refractivity contribution in [1.82, 2.24) is 5.32 Å². The molecule has 1 unspecified atom stereocenters. The van der Waals surface area contributed by atoms with Crippen molar-refractivity contribution >= 4 is 10.8 Å². The molecule has 0 saturated heterocycles. The third-order valence-electron chi connectivity index (χ3n) is 4.07. The van der Waals surface area contributed by atoms with Crippen LogP contribution in [0, 0.1) is 0 Å². The van der Waals surface area contributed by atoms with Gasteiger partial charge in [-0.2, -0.15) is 0 Å². The van der Waals surface area contributed by atoms with E-state index in [1.54, 1.807) is 0 Å². The minimum atomic E-state index is -0.178. The van der Waals surface area contributed by atoms with Crippen molar-refractivity contribution in [3.8, 4) is 5.75 Å². The minimum absolute atomic E-state index is 0.162. The van der Waals surface area contributed by atoms with Gasteiger partial charge in [0.05, 0.1) is 13.2 Å². The fourth-order valence-electron chi connectivity index (χ4n) is 2.35. The summed E-state index contributed by atoms with van der Waals surface area (Å²) in [4.78, 5) is 0. The Labute approximate surface area is 126 Å². The van der Waals surface area contributed by atoms with Crippen LogP contribution in [0.5, 0.6) is 5.75 Å². The molecule has 2 aromatic rings. The fraction of sp³-hybridized carbons (Fsp3) is 0.444. The highest BCUT2D eigenvalue weighted by Gasteiger charge is 2.19. The first-order valence-corrected chi connectivity index (χ1v) is 7.58. The first kappa shape index (κ1) is 15.8. The van der Waals surface area contributed by atoms with Crippen LogP contribution in [0.15, 0.2) is 42.5 Å². The molecule has 0 aliphatic rings. The highest BCUT2D eigenvalue weighted by Crippen LogP contribution is 2.21. The molecule has 3 heteroatoms. The molecule has 21 heavy (non-hydrogen) atoms. The summed E-state index contributed by atoms with van der Waals surface area (Å²) in [6.07, 6.45) is 2.97. The molecule has 0 aliphatic carbocycles. The number of unbranched alkanes of at least 4 members (excludes halogenated alkanes) is 1. The lowest BCUT2D eigenvalue weighted by atomic mass is 9.96. The summed E-state index contributed by atoms with van der Waals surface area (Å²) < 4.78 is 5.81. The van der Waals surface area contributed by atoms with E-state index in [1.165, 1.54) is 10.8 Å². The Hall–Kier alpha value is -1.58. The lowest BCUT2D eigenvalue weighted by molar-refractivity contribution is 0.168. The van der Waals surface area contributed by atoms with Crippen molar-refractivity contribution in [3.63, 3.8) is 0 Å². The van der Waals surface area contributed by atoms with E-state index >= 15 is 0 Å². The molecule has 2 aromatic carbocycles. The standard InChI is InChI=1S/C18H25NO2/c1-18(14-20,19-2)11-5-6-12-21-17-10-9-15-7-3-4-8-16(15)13-17/h3-4,7-10,13,19-20H,5-6,11-12,14H2,1-2H3. The van der Waals surface area contributed by atoms with Crippen LogP contribution in [0.2, 0.25) is 0 Å². The highest BCUT2D eigenvalue weighted by molar-refractivity contribution is 5.83. The van der Waals surface area contributed by atoms with Gasteiger partial charge in [-0.05, 0) is 56.1 Å². The predicted octanol–water partition coefficient (Wildman–Crippen LogP) is 3.36. The molecule has 0 bridgehead atoms. The average Bonchev–Trinajstić information content (AvgIpc) is 2.54. The van der Waals surface area contributed by atoms with E-state index < -0.39 is 0 Å². The van der Waals surface area contributed by atoms with Crippen LogP contribution < -0.4 is 10.1 Å². The highest BCUT2D eigenvalue weighted by atomic mass is 16.5. The number of nitrogens with one attached hydrogen (secondary N) is 1. The maximum Gasteiger partial charge on any atom is 0.119 e. The van der Waals surface area contributed by atoms with Gasteiger partial charge in [0, 0.05) is 5.54 Å². The zero-order valence-corrected chi connectivity index (χ0v) is 12.9. The smallest absolute Gasteiger partial charge is 0.119 e. The first-order chi connectivity index (χ1) is 10.2. The molecule has 0 fully saturated rings. The molecule has 2 N–H and O–H groups in total. The minimum Gasteiger partial charge on any atom is -0.494 e. The van der Waals surface area contributed by atoms with Crippen LogP contribution in [0.25, 0.3) is 10.8 Å². The Bertz CT molecular complexity index is 564. The van der Waals surface area contributed by atoms with Crippen molar-refractivity contribution in [2.24, 2.45) is 0 Å². The monoisotopic (exact) mass is 287 g/mol. The van der Waals surface area contributed by atoms with Gasteiger partial charge in [0.1, 0.15) is 5.75 Å². The Morgan fingerprint density at radius 1 is 1.10 bits per heavy atom. The largest absolute Gasteiger partial charge is 0.494 e. The summed E-state index contributed by atoms with van der Waals surface area (Å²) >= 11 is 0. The summed E-state index contributed by atoms with van der Waals surface area (Å²) in [5.74, 6) is 0.923. The molecule has 0 amide bonds. The van der Waals surface area contributed by atoms with E-state index in [0.29, 0.717) is 6.61 Å². The van der Waals surface area contributed by atoms with Crippen molar-refractivity contribution in [1.29, 1.82) is 0 Å². The maximum absolute atomic E-state index is 9.33. The Morgan fingerprint density at radius 2 is 1.86 bits per heavy atom. The van der Waals surface area contributed by atoms with Crippen molar-refractivity contribution < 1.29 is 9.84 Å². The number of rotatable bonds is 8. The Morgan fingerprint density at radius 3 is 2.57 bits per heavy atom. The second kappa shape index (κ2) is 7.43. The molecular weight excluding hydrogens is 262 g/mol. The van der Waals surface area contributed by atoms with Gasteiger partial charge in [0.25, 0.3) is 0 Å². The van der Waals surface area contributed by atoms with Crippen LogP contribution in [-0.2, 0) is 0 Å². The molecule has 0 saturated carbocycles. The lowest BCUT2D eigenvalue weighted by Gasteiger charge is -2.26. The van der Waals surface area contributed by atoms with Gasteiger partial charge in [0.15, 0.2) is 0 Å². The lowest BCUT2D eigenvalue weighted by Crippen LogP contribution is -2.43. The summed E-state index contributed by atoms with van der Waals surface area (Å²) in [6.45, 7) is 2.91. The van der Waals surface area contributed by atoms with E-state index in [9.17, 15) is 5.11 Å². The molecule has 2 rings (SSSR count). The van der Waals surface area contributed by atoms with Crippen molar-refractivity contribution in [2.45, 2.75) is 31.7 Å². The fourth-order valence-corrected chi connectivity index (χ4v) is 2.35. The van der Waals surface area contributed by atoms with Crippen LogP contribution >= 0.6 is 0 Å². The van der Waals surface area contributed by atoms with Crippen LogP contribution in [-0.4, -0.2) is 30.9 Å². The number of benzene rings is 2. The van der Waals surface area contributed by atoms with Crippen LogP contribution in [0.4, 0.5) is 0 Å². The third kappa shape index (κ3) is 4.45. The Balaban J connectivity index is 1.77. The molecule has 0 spiro atoms. The zero-order valence-electron chi connectivity index (χ0n) is 12.9. The van der Waals surface area contributed by atoms with E-state index in [1.807, 2.05) is 32.2 Å². The normalized spacial score (nSPS) is 14.0. The summed E-state index contributed by atoms with van der Waals surface area (Å²) in [5, 5.41) is 14.9. The molecular formula is C18H25NO2. The number of hydrogen-bond acceptors (Lipinski definition) is 3. The van der Waals surface area contributed by atoms with Gasteiger partial charge in [0.2, 0.25) is 0 Å². The second-order valence-electron chi connectivity index (χ2n) is 5.78. The van der Waals surface area contributed by atoms with Gasteiger partial charge in [-0.15, -0.1) is 0 Å². The molecule has 0 radical (unpaired) electrons. The molecule has 0 aliphatic heterocycles. The van der Waals surface area contributed by atoms with Crippen molar-refractivity contribution in [2.75, 3.05) is 20.3 Å². The zero-order chi connectivity index (χ0) is 15.1. The second-order valence-corrected chi connectivity index (χ2v) is 5.78. The molecule has 0 heterocycles. The molecule has 3 nitrogen and oxygen atoms in total.